The summed E-state index contributed by atoms with van der Waals surface area (Å²) >= 11 is 0. The third-order valence-corrected chi connectivity index (χ3v) is 4.41. The zero-order chi connectivity index (χ0) is 17.4. The van der Waals surface area contributed by atoms with E-state index < -0.39 is 5.54 Å². The summed E-state index contributed by atoms with van der Waals surface area (Å²) in [5, 5.41) is 0. The standard InChI is InChI=1S/C19H27NO4/c1-4-9-19(2,20-10-12-23-13-11-20)18(21)16-5-7-17(8-6-16)24-15-14-22-3/h4-8H,1,9-15H2,2-3H3. The summed E-state index contributed by atoms with van der Waals surface area (Å²) < 4.78 is 15.9. The number of morpholine rings is 1. The van der Waals surface area contributed by atoms with Crippen LogP contribution in [-0.4, -0.2) is 62.8 Å². The van der Waals surface area contributed by atoms with E-state index in [0.717, 1.165) is 18.8 Å². The van der Waals surface area contributed by atoms with E-state index >= 15 is 0 Å². The third kappa shape index (κ3) is 4.44. The van der Waals surface area contributed by atoms with Crippen molar-refractivity contribution in [2.75, 3.05) is 46.6 Å². The van der Waals surface area contributed by atoms with Crippen LogP contribution in [0, 0.1) is 0 Å². The van der Waals surface area contributed by atoms with Crippen molar-refractivity contribution in [3.63, 3.8) is 0 Å². The molecule has 0 aliphatic carbocycles. The molecule has 1 aliphatic heterocycles. The Morgan fingerprint density at radius 3 is 2.54 bits per heavy atom. The maximum Gasteiger partial charge on any atom is 0.183 e. The van der Waals surface area contributed by atoms with Crippen LogP contribution >= 0.6 is 0 Å². The van der Waals surface area contributed by atoms with Gasteiger partial charge in [0.15, 0.2) is 5.78 Å². The molecule has 5 nitrogen and oxygen atoms in total. The zero-order valence-corrected chi connectivity index (χ0v) is 14.6. The molecule has 1 aliphatic rings. The van der Waals surface area contributed by atoms with E-state index in [9.17, 15) is 4.79 Å². The first kappa shape index (κ1) is 18.6. The molecule has 0 N–H and O–H groups in total. The number of nitrogens with zero attached hydrogens (tertiary/aromatic N) is 1. The average molecular weight is 333 g/mol. The maximum absolute atomic E-state index is 13.1. The molecule has 1 aromatic rings. The second-order valence-corrected chi connectivity index (χ2v) is 6.06. The van der Waals surface area contributed by atoms with Gasteiger partial charge in [-0.15, -0.1) is 6.58 Å². The van der Waals surface area contributed by atoms with E-state index in [1.165, 1.54) is 0 Å². The Morgan fingerprint density at radius 1 is 1.29 bits per heavy atom. The van der Waals surface area contributed by atoms with Crippen LogP contribution in [0.1, 0.15) is 23.7 Å². The summed E-state index contributed by atoms with van der Waals surface area (Å²) in [5.74, 6) is 0.841. The molecule has 24 heavy (non-hydrogen) atoms. The molecule has 0 amide bonds. The quantitative estimate of drug-likeness (QED) is 0.395. The lowest BCUT2D eigenvalue weighted by molar-refractivity contribution is -0.00871. The molecular formula is C19H27NO4. The van der Waals surface area contributed by atoms with Gasteiger partial charge in [0.25, 0.3) is 0 Å². The van der Waals surface area contributed by atoms with Gasteiger partial charge in [-0.1, -0.05) is 6.08 Å². The van der Waals surface area contributed by atoms with E-state index in [-0.39, 0.29) is 5.78 Å². The summed E-state index contributed by atoms with van der Waals surface area (Å²) in [6.45, 7) is 9.69. The Kier molecular flexibility index (Phi) is 6.97. The van der Waals surface area contributed by atoms with Gasteiger partial charge in [-0.3, -0.25) is 9.69 Å². The van der Waals surface area contributed by atoms with Gasteiger partial charge in [-0.2, -0.15) is 0 Å². The van der Waals surface area contributed by atoms with Crippen molar-refractivity contribution in [2.24, 2.45) is 0 Å². The van der Waals surface area contributed by atoms with Gasteiger partial charge in [0.2, 0.25) is 0 Å². The van der Waals surface area contributed by atoms with Gasteiger partial charge in [-0.05, 0) is 37.6 Å². The maximum atomic E-state index is 13.1. The van der Waals surface area contributed by atoms with Crippen LogP contribution in [0.4, 0.5) is 0 Å². The van der Waals surface area contributed by atoms with E-state index in [2.05, 4.69) is 11.5 Å². The van der Waals surface area contributed by atoms with E-state index in [0.29, 0.717) is 38.4 Å². The molecule has 1 unspecified atom stereocenters. The van der Waals surface area contributed by atoms with Crippen molar-refractivity contribution >= 4 is 5.78 Å². The lowest BCUT2D eigenvalue weighted by Crippen LogP contribution is -2.56. The van der Waals surface area contributed by atoms with Crippen LogP contribution in [0.3, 0.4) is 0 Å². The number of methoxy groups -OCH3 is 1. The van der Waals surface area contributed by atoms with Crippen molar-refractivity contribution in [1.82, 2.24) is 4.90 Å². The molecule has 0 aromatic heterocycles. The lowest BCUT2D eigenvalue weighted by Gasteiger charge is -2.41. The SMILES string of the molecule is C=CCC(C)(C(=O)c1ccc(OCCOC)cc1)N1CCOCC1. The Bertz CT molecular complexity index is 537. The highest BCUT2D eigenvalue weighted by Crippen LogP contribution is 2.27. The summed E-state index contributed by atoms with van der Waals surface area (Å²) in [6, 6.07) is 7.31. The van der Waals surface area contributed by atoms with E-state index in [4.69, 9.17) is 14.2 Å². The number of hydrogen-bond acceptors (Lipinski definition) is 5. The molecule has 5 heteroatoms. The molecule has 0 spiro atoms. The number of ketones is 1. The van der Waals surface area contributed by atoms with Gasteiger partial charge in [-0.25, -0.2) is 0 Å². The minimum Gasteiger partial charge on any atom is -0.491 e. The number of Topliss-reactive ketones (excluding diaryl/α,β-unsaturated/α-hetero) is 1. The molecule has 2 rings (SSSR count). The third-order valence-electron chi connectivity index (χ3n) is 4.41. The monoisotopic (exact) mass is 333 g/mol. The highest BCUT2D eigenvalue weighted by Gasteiger charge is 2.39. The van der Waals surface area contributed by atoms with E-state index in [1.54, 1.807) is 7.11 Å². The van der Waals surface area contributed by atoms with E-state index in [1.807, 2.05) is 37.3 Å². The van der Waals surface area contributed by atoms with Gasteiger partial charge in [0, 0.05) is 25.8 Å². The van der Waals surface area contributed by atoms with Gasteiger partial charge < -0.3 is 14.2 Å². The molecule has 1 atom stereocenters. The number of carbonyl (C=O) groups is 1. The fraction of sp³-hybridized carbons (Fsp3) is 0.526. The van der Waals surface area contributed by atoms with Crippen molar-refractivity contribution in [2.45, 2.75) is 18.9 Å². The minimum absolute atomic E-state index is 0.104. The van der Waals surface area contributed by atoms with Gasteiger partial charge in [0.1, 0.15) is 12.4 Å². The fourth-order valence-electron chi connectivity index (χ4n) is 2.96. The molecule has 1 saturated heterocycles. The normalized spacial score (nSPS) is 17.9. The molecule has 0 bridgehead atoms. The summed E-state index contributed by atoms with van der Waals surface area (Å²) in [6.07, 6.45) is 2.42. The Morgan fingerprint density at radius 2 is 1.96 bits per heavy atom. The molecule has 0 radical (unpaired) electrons. The van der Waals surface area contributed by atoms with Crippen LogP contribution in [0.25, 0.3) is 0 Å². The molecule has 1 fully saturated rings. The van der Waals surface area contributed by atoms with Crippen molar-refractivity contribution in [3.05, 3.63) is 42.5 Å². The highest BCUT2D eigenvalue weighted by atomic mass is 16.5. The summed E-state index contributed by atoms with van der Waals surface area (Å²) in [5.41, 5.74) is 0.0918. The van der Waals surface area contributed by atoms with Crippen LogP contribution < -0.4 is 4.74 Å². The topological polar surface area (TPSA) is 48.0 Å². The fourth-order valence-corrected chi connectivity index (χ4v) is 2.96. The highest BCUT2D eigenvalue weighted by molar-refractivity contribution is 6.03. The Labute approximate surface area is 144 Å². The van der Waals surface area contributed by atoms with Crippen LogP contribution in [-0.2, 0) is 9.47 Å². The average Bonchev–Trinajstić information content (AvgIpc) is 2.63. The molecular weight excluding hydrogens is 306 g/mol. The smallest absolute Gasteiger partial charge is 0.183 e. The predicted octanol–water partition coefficient (Wildman–Crippen LogP) is 2.56. The first-order chi connectivity index (χ1) is 11.6. The number of benzene rings is 1. The van der Waals surface area contributed by atoms with Crippen LogP contribution in [0.5, 0.6) is 5.75 Å². The number of rotatable bonds is 9. The zero-order valence-electron chi connectivity index (χ0n) is 14.6. The summed E-state index contributed by atoms with van der Waals surface area (Å²) in [7, 11) is 1.64. The minimum atomic E-state index is -0.593. The second kappa shape index (κ2) is 8.97. The molecule has 1 heterocycles. The second-order valence-electron chi connectivity index (χ2n) is 6.06. The Balaban J connectivity index is 2.12. The first-order valence-corrected chi connectivity index (χ1v) is 8.32. The lowest BCUT2D eigenvalue weighted by atomic mass is 9.85. The van der Waals surface area contributed by atoms with Crippen LogP contribution in [0.2, 0.25) is 0 Å². The van der Waals surface area contributed by atoms with Crippen molar-refractivity contribution in [3.8, 4) is 5.75 Å². The van der Waals surface area contributed by atoms with Gasteiger partial charge >= 0.3 is 0 Å². The van der Waals surface area contributed by atoms with Gasteiger partial charge in [0.05, 0.1) is 25.4 Å². The number of hydrogen-bond donors (Lipinski definition) is 0. The first-order valence-electron chi connectivity index (χ1n) is 8.32. The number of ether oxygens (including phenoxy) is 3. The molecule has 132 valence electrons. The predicted molar refractivity (Wildman–Crippen MR) is 93.8 cm³/mol. The number of carbonyl (C=O) groups excluding carboxylic acids is 1. The molecule has 1 aromatic carbocycles. The summed E-state index contributed by atoms with van der Waals surface area (Å²) in [4.78, 5) is 15.3. The molecule has 0 saturated carbocycles. The van der Waals surface area contributed by atoms with Crippen LogP contribution in [0.15, 0.2) is 36.9 Å². The van der Waals surface area contributed by atoms with Crippen molar-refractivity contribution in [1.29, 1.82) is 0 Å². The van der Waals surface area contributed by atoms with Crippen molar-refractivity contribution < 1.29 is 19.0 Å². The largest absolute Gasteiger partial charge is 0.491 e. The Hall–Kier alpha value is -1.69.